The number of hydrogen-bond donors (Lipinski definition) is 2. The van der Waals surface area contributed by atoms with Gasteiger partial charge in [-0.2, -0.15) is 0 Å². The Morgan fingerprint density at radius 3 is 2.40 bits per heavy atom. The first-order valence-electron chi connectivity index (χ1n) is 6.87. The molecule has 5 heteroatoms. The number of carbonyl (C=O) groups excluding carboxylic acids is 2. The Labute approximate surface area is 118 Å². The lowest BCUT2D eigenvalue weighted by Crippen LogP contribution is -2.40. The summed E-state index contributed by atoms with van der Waals surface area (Å²) < 4.78 is 0. The van der Waals surface area contributed by atoms with Crippen LogP contribution in [0.1, 0.15) is 25.3 Å². The number of aliphatic hydroxyl groups excluding tert-OH is 1. The second kappa shape index (κ2) is 6.52. The van der Waals surface area contributed by atoms with Crippen LogP contribution in [0.4, 0.5) is 5.69 Å². The van der Waals surface area contributed by atoms with Gasteiger partial charge in [0.15, 0.2) is 0 Å². The Bertz CT molecular complexity index is 476. The molecule has 1 heterocycles. The maximum Gasteiger partial charge on any atom is 0.226 e. The largest absolute Gasteiger partial charge is 0.393 e. The molecule has 0 bridgehead atoms. The highest BCUT2D eigenvalue weighted by Gasteiger charge is 2.21. The van der Waals surface area contributed by atoms with Crippen molar-refractivity contribution in [2.24, 2.45) is 0 Å². The predicted octanol–water partition coefficient (Wildman–Crippen LogP) is 1.17. The summed E-state index contributed by atoms with van der Waals surface area (Å²) in [5.41, 5.74) is 1.66. The topological polar surface area (TPSA) is 69.6 Å². The minimum absolute atomic E-state index is 0.0872. The molecule has 0 spiro atoms. The Balaban J connectivity index is 1.89. The molecule has 0 aromatic heterocycles. The van der Waals surface area contributed by atoms with Crippen LogP contribution in [0.2, 0.25) is 0 Å². The molecular weight excluding hydrogens is 256 g/mol. The zero-order valence-electron chi connectivity index (χ0n) is 11.6. The van der Waals surface area contributed by atoms with Crippen molar-refractivity contribution in [2.45, 2.75) is 32.3 Å². The molecule has 1 aromatic carbocycles. The van der Waals surface area contributed by atoms with Gasteiger partial charge in [-0.25, -0.2) is 0 Å². The number of rotatable bonds is 3. The second-order valence-corrected chi connectivity index (χ2v) is 5.17. The van der Waals surface area contributed by atoms with Crippen LogP contribution >= 0.6 is 0 Å². The van der Waals surface area contributed by atoms with Crippen molar-refractivity contribution in [3.05, 3.63) is 29.8 Å². The fourth-order valence-corrected chi connectivity index (χ4v) is 2.31. The van der Waals surface area contributed by atoms with Gasteiger partial charge in [0, 0.05) is 25.7 Å². The Kier molecular flexibility index (Phi) is 4.74. The number of likely N-dealkylation sites (tertiary alicyclic amines) is 1. The molecule has 0 atom stereocenters. The summed E-state index contributed by atoms with van der Waals surface area (Å²) in [4.78, 5) is 24.8. The molecule has 1 aliphatic heterocycles. The van der Waals surface area contributed by atoms with E-state index in [1.807, 2.05) is 12.1 Å². The van der Waals surface area contributed by atoms with E-state index in [1.54, 1.807) is 17.0 Å². The van der Waals surface area contributed by atoms with Gasteiger partial charge >= 0.3 is 0 Å². The number of amides is 2. The molecule has 0 aliphatic carbocycles. The lowest BCUT2D eigenvalue weighted by molar-refractivity contribution is -0.132. The van der Waals surface area contributed by atoms with Gasteiger partial charge in [0.2, 0.25) is 11.8 Å². The smallest absolute Gasteiger partial charge is 0.226 e. The quantitative estimate of drug-likeness (QED) is 0.870. The van der Waals surface area contributed by atoms with E-state index in [0.29, 0.717) is 32.4 Å². The molecule has 1 aliphatic rings. The normalized spacial score (nSPS) is 16.0. The summed E-state index contributed by atoms with van der Waals surface area (Å²) in [6, 6.07) is 7.29. The highest BCUT2D eigenvalue weighted by Crippen LogP contribution is 2.14. The van der Waals surface area contributed by atoms with Crippen molar-refractivity contribution >= 4 is 17.5 Å². The van der Waals surface area contributed by atoms with Crippen LogP contribution in [0.5, 0.6) is 0 Å². The third-order valence-electron chi connectivity index (χ3n) is 3.45. The van der Waals surface area contributed by atoms with Crippen molar-refractivity contribution in [3.8, 4) is 0 Å². The van der Waals surface area contributed by atoms with Crippen molar-refractivity contribution in [2.75, 3.05) is 18.4 Å². The van der Waals surface area contributed by atoms with E-state index in [9.17, 15) is 14.7 Å². The first-order chi connectivity index (χ1) is 9.54. The molecule has 0 unspecified atom stereocenters. The molecule has 1 fully saturated rings. The first kappa shape index (κ1) is 14.5. The van der Waals surface area contributed by atoms with Gasteiger partial charge in [-0.15, -0.1) is 0 Å². The van der Waals surface area contributed by atoms with E-state index in [-0.39, 0.29) is 17.9 Å². The minimum Gasteiger partial charge on any atom is -0.393 e. The summed E-state index contributed by atoms with van der Waals surface area (Å²) in [6.45, 7) is 2.72. The fraction of sp³-hybridized carbons (Fsp3) is 0.467. The van der Waals surface area contributed by atoms with Crippen LogP contribution in [-0.2, 0) is 16.0 Å². The zero-order valence-corrected chi connectivity index (χ0v) is 11.6. The Hall–Kier alpha value is -1.88. The molecule has 2 N–H and O–H groups in total. The van der Waals surface area contributed by atoms with E-state index in [0.717, 1.165) is 11.3 Å². The van der Waals surface area contributed by atoms with Gasteiger partial charge in [0.05, 0.1) is 12.5 Å². The third-order valence-corrected chi connectivity index (χ3v) is 3.45. The molecule has 1 aromatic rings. The summed E-state index contributed by atoms with van der Waals surface area (Å²) in [6.07, 6.45) is 1.41. The van der Waals surface area contributed by atoms with Crippen molar-refractivity contribution in [3.63, 3.8) is 0 Å². The van der Waals surface area contributed by atoms with E-state index < -0.39 is 0 Å². The van der Waals surface area contributed by atoms with Gasteiger partial charge < -0.3 is 15.3 Å². The number of anilines is 1. The average Bonchev–Trinajstić information content (AvgIpc) is 2.41. The number of benzene rings is 1. The van der Waals surface area contributed by atoms with Gasteiger partial charge in [-0.1, -0.05) is 12.1 Å². The van der Waals surface area contributed by atoms with E-state index in [2.05, 4.69) is 5.32 Å². The molecule has 2 amide bonds. The van der Waals surface area contributed by atoms with Crippen LogP contribution in [-0.4, -0.2) is 41.0 Å². The maximum absolute atomic E-state index is 12.1. The van der Waals surface area contributed by atoms with Crippen molar-refractivity contribution in [1.82, 2.24) is 4.90 Å². The van der Waals surface area contributed by atoms with Gasteiger partial charge in [-0.3, -0.25) is 9.59 Å². The summed E-state index contributed by atoms with van der Waals surface area (Å²) in [5.74, 6) is -0.0233. The number of nitrogens with zero attached hydrogens (tertiary/aromatic N) is 1. The number of carbonyl (C=O) groups is 2. The van der Waals surface area contributed by atoms with Crippen molar-refractivity contribution < 1.29 is 14.7 Å². The summed E-state index contributed by atoms with van der Waals surface area (Å²) in [7, 11) is 0. The third kappa shape index (κ3) is 4.06. The van der Waals surface area contributed by atoms with Crippen LogP contribution in [0.3, 0.4) is 0 Å². The van der Waals surface area contributed by atoms with Gasteiger partial charge in [-0.05, 0) is 30.5 Å². The predicted molar refractivity (Wildman–Crippen MR) is 76.3 cm³/mol. The monoisotopic (exact) mass is 276 g/mol. The number of nitrogens with one attached hydrogen (secondary N) is 1. The highest BCUT2D eigenvalue weighted by atomic mass is 16.3. The van der Waals surface area contributed by atoms with Crippen molar-refractivity contribution in [1.29, 1.82) is 0 Å². The van der Waals surface area contributed by atoms with Crippen LogP contribution < -0.4 is 5.32 Å². The molecule has 5 nitrogen and oxygen atoms in total. The number of hydrogen-bond acceptors (Lipinski definition) is 3. The minimum atomic E-state index is -0.268. The molecular formula is C15H20N2O3. The number of aliphatic hydroxyl groups is 1. The molecule has 108 valence electrons. The number of piperidine rings is 1. The Morgan fingerprint density at radius 1 is 1.25 bits per heavy atom. The zero-order chi connectivity index (χ0) is 14.5. The van der Waals surface area contributed by atoms with Crippen LogP contribution in [0.15, 0.2) is 24.3 Å². The standard InChI is InChI=1S/C15H20N2O3/c1-11(18)16-13-4-2-12(3-5-13)10-15(20)17-8-6-14(19)7-9-17/h2-5,14,19H,6-10H2,1H3,(H,16,18). The summed E-state index contributed by atoms with van der Waals surface area (Å²) >= 11 is 0. The molecule has 2 rings (SSSR count). The second-order valence-electron chi connectivity index (χ2n) is 5.17. The maximum atomic E-state index is 12.1. The van der Waals surface area contributed by atoms with Crippen LogP contribution in [0.25, 0.3) is 0 Å². The highest BCUT2D eigenvalue weighted by molar-refractivity contribution is 5.88. The molecule has 1 saturated heterocycles. The van der Waals surface area contributed by atoms with Gasteiger partial charge in [0.25, 0.3) is 0 Å². The molecule has 0 radical (unpaired) electrons. The lowest BCUT2D eigenvalue weighted by atomic mass is 10.1. The van der Waals surface area contributed by atoms with E-state index in [1.165, 1.54) is 6.92 Å². The average molecular weight is 276 g/mol. The fourth-order valence-electron chi connectivity index (χ4n) is 2.31. The lowest BCUT2D eigenvalue weighted by Gasteiger charge is -2.29. The van der Waals surface area contributed by atoms with Gasteiger partial charge in [0.1, 0.15) is 0 Å². The van der Waals surface area contributed by atoms with E-state index in [4.69, 9.17) is 0 Å². The Morgan fingerprint density at radius 2 is 1.85 bits per heavy atom. The molecule has 0 saturated carbocycles. The summed E-state index contributed by atoms with van der Waals surface area (Å²) in [5, 5.41) is 12.1. The van der Waals surface area contributed by atoms with Crippen LogP contribution in [0, 0.1) is 0 Å². The van der Waals surface area contributed by atoms with E-state index >= 15 is 0 Å². The first-order valence-corrected chi connectivity index (χ1v) is 6.87. The molecule has 20 heavy (non-hydrogen) atoms. The SMILES string of the molecule is CC(=O)Nc1ccc(CC(=O)N2CCC(O)CC2)cc1.